The maximum Gasteiger partial charge on any atom is 0.407 e. The summed E-state index contributed by atoms with van der Waals surface area (Å²) in [7, 11) is 0. The Balaban J connectivity index is 1.90. The highest BCUT2D eigenvalue weighted by molar-refractivity contribution is 6.30. The lowest BCUT2D eigenvalue weighted by atomic mass is 9.99. The third-order valence-corrected chi connectivity index (χ3v) is 4.98. The number of hydrogen-bond donors (Lipinski definition) is 1. The predicted molar refractivity (Wildman–Crippen MR) is 88.9 cm³/mol. The minimum atomic E-state index is -1.05. The van der Waals surface area contributed by atoms with Crippen LogP contribution in [0.5, 0.6) is 0 Å². The van der Waals surface area contributed by atoms with Crippen molar-refractivity contribution in [3.63, 3.8) is 0 Å². The van der Waals surface area contributed by atoms with Crippen LogP contribution in [0, 0.1) is 25.5 Å². The standard InChI is InChI=1S/C17H18ClF2N3O2/c1-9-12(19)7-11(8-13(9)20)3-4-14-15-16(18)21-10(2)22(15)5-6-23(14)17(24)25/h7-8,14H,3-6H2,1-2H3,(H,24,25). The minimum Gasteiger partial charge on any atom is -0.465 e. The van der Waals surface area contributed by atoms with Crippen LogP contribution in [0.25, 0.3) is 0 Å². The number of amides is 1. The number of fused-ring (bicyclic) bond motifs is 1. The van der Waals surface area contributed by atoms with Gasteiger partial charge in [0.15, 0.2) is 5.15 Å². The van der Waals surface area contributed by atoms with Crippen LogP contribution in [0.3, 0.4) is 0 Å². The maximum atomic E-state index is 13.7. The number of carboxylic acid groups (broad SMARTS) is 1. The van der Waals surface area contributed by atoms with Gasteiger partial charge in [-0.2, -0.15) is 0 Å². The number of halogens is 3. The zero-order chi connectivity index (χ0) is 18.3. The molecule has 0 aliphatic carbocycles. The molecule has 1 aromatic heterocycles. The summed E-state index contributed by atoms with van der Waals surface area (Å²) in [6, 6.07) is 2.07. The molecule has 1 aliphatic rings. The van der Waals surface area contributed by atoms with Crippen molar-refractivity contribution in [1.29, 1.82) is 0 Å². The van der Waals surface area contributed by atoms with E-state index >= 15 is 0 Å². The van der Waals surface area contributed by atoms with E-state index in [1.807, 2.05) is 11.5 Å². The number of carbonyl (C=O) groups is 1. The van der Waals surface area contributed by atoms with Crippen molar-refractivity contribution in [2.24, 2.45) is 0 Å². The largest absolute Gasteiger partial charge is 0.465 e. The van der Waals surface area contributed by atoms with Gasteiger partial charge in [-0.1, -0.05) is 11.6 Å². The van der Waals surface area contributed by atoms with Crippen LogP contribution in [0.4, 0.5) is 13.6 Å². The molecule has 25 heavy (non-hydrogen) atoms. The molecular weight excluding hydrogens is 352 g/mol. The normalized spacial score (nSPS) is 16.8. The van der Waals surface area contributed by atoms with E-state index in [1.165, 1.54) is 24.0 Å². The van der Waals surface area contributed by atoms with Gasteiger partial charge in [0.1, 0.15) is 17.5 Å². The van der Waals surface area contributed by atoms with Crippen LogP contribution in [-0.4, -0.2) is 32.2 Å². The van der Waals surface area contributed by atoms with Crippen LogP contribution in [-0.2, 0) is 13.0 Å². The topological polar surface area (TPSA) is 58.4 Å². The molecule has 0 bridgehead atoms. The first-order valence-corrected chi connectivity index (χ1v) is 8.34. The smallest absolute Gasteiger partial charge is 0.407 e. The van der Waals surface area contributed by atoms with Crippen LogP contribution in [0.2, 0.25) is 5.15 Å². The highest BCUT2D eigenvalue weighted by Crippen LogP contribution is 2.35. The van der Waals surface area contributed by atoms with Gasteiger partial charge < -0.3 is 9.67 Å². The fraction of sp³-hybridized carbons (Fsp3) is 0.412. The molecule has 0 radical (unpaired) electrons. The molecule has 0 spiro atoms. The van der Waals surface area contributed by atoms with E-state index in [0.29, 0.717) is 37.2 Å². The molecule has 1 N–H and O–H groups in total. The van der Waals surface area contributed by atoms with Crippen molar-refractivity contribution in [1.82, 2.24) is 14.5 Å². The second kappa shape index (κ2) is 6.63. The van der Waals surface area contributed by atoms with Crippen LogP contribution >= 0.6 is 11.6 Å². The first kappa shape index (κ1) is 17.7. The van der Waals surface area contributed by atoms with Gasteiger partial charge in [0.05, 0.1) is 11.7 Å². The van der Waals surface area contributed by atoms with E-state index < -0.39 is 23.8 Å². The summed E-state index contributed by atoms with van der Waals surface area (Å²) in [4.78, 5) is 17.1. The average molecular weight is 370 g/mol. The summed E-state index contributed by atoms with van der Waals surface area (Å²) in [5.74, 6) is -0.484. The van der Waals surface area contributed by atoms with Gasteiger partial charge in [-0.15, -0.1) is 0 Å². The molecular formula is C17H18ClF2N3O2. The third-order valence-electron chi connectivity index (χ3n) is 4.70. The van der Waals surface area contributed by atoms with Crippen LogP contribution < -0.4 is 0 Å². The summed E-state index contributed by atoms with van der Waals surface area (Å²) in [5, 5.41) is 9.76. The lowest BCUT2D eigenvalue weighted by molar-refractivity contribution is 0.106. The SMILES string of the molecule is Cc1c(F)cc(CCC2c3c(Cl)nc(C)n3CCN2C(=O)O)cc1F. The Morgan fingerprint density at radius 3 is 2.56 bits per heavy atom. The Kier molecular flexibility index (Phi) is 4.69. The first-order chi connectivity index (χ1) is 11.8. The number of aryl methyl sites for hydroxylation is 2. The Bertz CT molecular complexity index is 815. The second-order valence-electron chi connectivity index (χ2n) is 6.20. The summed E-state index contributed by atoms with van der Waals surface area (Å²) in [6.07, 6.45) is -0.366. The zero-order valence-corrected chi connectivity index (χ0v) is 14.6. The lowest BCUT2D eigenvalue weighted by Gasteiger charge is -2.35. The summed E-state index contributed by atoms with van der Waals surface area (Å²) in [5.41, 5.74) is 1.10. The molecule has 134 valence electrons. The molecule has 1 aliphatic heterocycles. The molecule has 0 fully saturated rings. The fourth-order valence-electron chi connectivity index (χ4n) is 3.32. The van der Waals surface area contributed by atoms with E-state index in [1.54, 1.807) is 0 Å². The Hall–Kier alpha value is -2.15. The minimum absolute atomic E-state index is 0.0228. The van der Waals surface area contributed by atoms with E-state index in [4.69, 9.17) is 11.6 Å². The van der Waals surface area contributed by atoms with Gasteiger partial charge in [0.25, 0.3) is 0 Å². The molecule has 2 heterocycles. The van der Waals surface area contributed by atoms with E-state index in [0.717, 1.165) is 5.82 Å². The van der Waals surface area contributed by atoms with E-state index in [9.17, 15) is 18.7 Å². The molecule has 5 nitrogen and oxygen atoms in total. The quantitative estimate of drug-likeness (QED) is 0.886. The fourth-order valence-corrected chi connectivity index (χ4v) is 3.67. The van der Waals surface area contributed by atoms with Crippen LogP contribution in [0.1, 0.15) is 35.1 Å². The van der Waals surface area contributed by atoms with Gasteiger partial charge in [-0.3, -0.25) is 4.90 Å². The molecule has 1 unspecified atom stereocenters. The number of aromatic nitrogens is 2. The third kappa shape index (κ3) is 3.20. The summed E-state index contributed by atoms with van der Waals surface area (Å²) >= 11 is 6.21. The van der Waals surface area contributed by atoms with Crippen molar-refractivity contribution >= 4 is 17.7 Å². The second-order valence-corrected chi connectivity index (χ2v) is 6.56. The summed E-state index contributed by atoms with van der Waals surface area (Å²) < 4.78 is 29.4. The maximum absolute atomic E-state index is 13.7. The van der Waals surface area contributed by atoms with Gasteiger partial charge >= 0.3 is 6.09 Å². The summed E-state index contributed by atoms with van der Waals surface area (Å²) in [6.45, 7) is 3.99. The van der Waals surface area contributed by atoms with Crippen molar-refractivity contribution < 1.29 is 18.7 Å². The van der Waals surface area contributed by atoms with Gasteiger partial charge in [0, 0.05) is 18.7 Å². The Labute approximate surface area is 148 Å². The van der Waals surface area contributed by atoms with Gasteiger partial charge in [-0.05, 0) is 44.4 Å². The van der Waals surface area contributed by atoms with Gasteiger partial charge in [0.2, 0.25) is 0 Å². The van der Waals surface area contributed by atoms with E-state index in [2.05, 4.69) is 4.98 Å². The number of nitrogens with zero attached hydrogens (tertiary/aromatic N) is 3. The van der Waals surface area contributed by atoms with Crippen LogP contribution in [0.15, 0.2) is 12.1 Å². The number of rotatable bonds is 3. The number of hydrogen-bond acceptors (Lipinski definition) is 2. The van der Waals surface area contributed by atoms with Crippen molar-refractivity contribution in [2.45, 2.75) is 39.3 Å². The molecule has 0 saturated carbocycles. The monoisotopic (exact) mass is 369 g/mol. The first-order valence-electron chi connectivity index (χ1n) is 7.96. The number of imidazole rings is 1. The predicted octanol–water partition coefficient (Wildman–Crippen LogP) is 4.10. The Morgan fingerprint density at radius 2 is 1.96 bits per heavy atom. The van der Waals surface area contributed by atoms with Crippen molar-refractivity contribution in [3.05, 3.63) is 51.6 Å². The molecule has 2 aromatic rings. The molecule has 1 amide bonds. The van der Waals surface area contributed by atoms with Crippen molar-refractivity contribution in [2.75, 3.05) is 6.54 Å². The van der Waals surface area contributed by atoms with Gasteiger partial charge in [-0.25, -0.2) is 18.6 Å². The number of benzene rings is 1. The highest BCUT2D eigenvalue weighted by atomic mass is 35.5. The zero-order valence-electron chi connectivity index (χ0n) is 13.9. The molecule has 0 saturated heterocycles. The van der Waals surface area contributed by atoms with Crippen molar-refractivity contribution in [3.8, 4) is 0 Å². The average Bonchev–Trinajstić information content (AvgIpc) is 2.84. The molecule has 3 rings (SSSR count). The highest BCUT2D eigenvalue weighted by Gasteiger charge is 2.34. The lowest BCUT2D eigenvalue weighted by Crippen LogP contribution is -2.41. The molecule has 1 atom stereocenters. The molecule has 1 aromatic carbocycles. The van der Waals surface area contributed by atoms with E-state index in [-0.39, 0.29) is 10.7 Å². The Morgan fingerprint density at radius 1 is 1.32 bits per heavy atom. The molecule has 8 heteroatoms.